The van der Waals surface area contributed by atoms with E-state index in [1.165, 1.54) is 38.3 Å². The van der Waals surface area contributed by atoms with Gasteiger partial charge in [0.25, 0.3) is 5.56 Å². The number of rotatable bonds is 9. The Bertz CT molecular complexity index is 2250. The largest absolute Gasteiger partial charge is 0.369 e. The minimum atomic E-state index is -0.254. The van der Waals surface area contributed by atoms with Crippen molar-refractivity contribution < 1.29 is 14.4 Å². The van der Waals surface area contributed by atoms with Gasteiger partial charge in [0, 0.05) is 94.2 Å². The molecule has 310 valence electrons. The fourth-order valence-electron chi connectivity index (χ4n) is 10.5. The molecule has 14 nitrogen and oxygen atoms in total. The number of piperazine rings is 2. The summed E-state index contributed by atoms with van der Waals surface area (Å²) < 4.78 is 1.74. The average molecular weight is 801 g/mol. The summed E-state index contributed by atoms with van der Waals surface area (Å²) in [5, 5.41) is 6.46. The van der Waals surface area contributed by atoms with Crippen LogP contribution in [-0.4, -0.2) is 111 Å². The van der Waals surface area contributed by atoms with Crippen LogP contribution in [0, 0.1) is 6.92 Å². The van der Waals surface area contributed by atoms with Gasteiger partial charge in [-0.05, 0) is 94.2 Å². The third-order valence-corrected chi connectivity index (χ3v) is 13.8. The van der Waals surface area contributed by atoms with Gasteiger partial charge in [0.1, 0.15) is 11.5 Å². The molecule has 2 amide bonds. The summed E-state index contributed by atoms with van der Waals surface area (Å²) in [7, 11) is 0. The molecule has 5 aliphatic rings. The zero-order valence-corrected chi connectivity index (χ0v) is 34.4. The number of aromatic nitrogens is 4. The second-order valence-electron chi connectivity index (χ2n) is 17.2. The molecule has 1 unspecified atom stereocenters. The second kappa shape index (κ2) is 16.8. The number of piperidine rings is 1. The van der Waals surface area contributed by atoms with Crippen molar-refractivity contribution in [2.24, 2.45) is 0 Å². The van der Waals surface area contributed by atoms with Crippen LogP contribution >= 0.6 is 0 Å². The smallest absolute Gasteiger partial charge is 0.263 e. The molecule has 9 rings (SSSR count). The first-order chi connectivity index (χ1) is 28.7. The van der Waals surface area contributed by atoms with Gasteiger partial charge >= 0.3 is 0 Å². The van der Waals surface area contributed by atoms with E-state index < -0.39 is 0 Å². The van der Waals surface area contributed by atoms with Crippen LogP contribution in [0.1, 0.15) is 105 Å². The molecule has 14 heteroatoms. The van der Waals surface area contributed by atoms with Gasteiger partial charge in [0.05, 0.1) is 23.4 Å². The molecule has 0 spiro atoms. The maximum Gasteiger partial charge on any atom is 0.263 e. The Labute approximate surface area is 345 Å². The fraction of sp³-hybridized carbons (Fsp3) is 0.533. The highest BCUT2D eigenvalue weighted by Gasteiger charge is 2.33. The maximum absolute atomic E-state index is 13.6. The highest BCUT2D eigenvalue weighted by molar-refractivity contribution is 6.01. The van der Waals surface area contributed by atoms with Crippen LogP contribution in [0.5, 0.6) is 0 Å². The van der Waals surface area contributed by atoms with E-state index in [-0.39, 0.29) is 40.7 Å². The summed E-state index contributed by atoms with van der Waals surface area (Å²) in [6, 6.07) is 13.8. The van der Waals surface area contributed by atoms with Crippen molar-refractivity contribution in [2.75, 3.05) is 67.5 Å². The number of benzene rings is 1. The molecule has 0 bridgehead atoms. The molecule has 2 N–H and O–H groups in total. The molecule has 2 aliphatic carbocycles. The Morgan fingerprint density at radius 2 is 1.32 bits per heavy atom. The number of hydrogen-bond donors (Lipinski definition) is 2. The van der Waals surface area contributed by atoms with E-state index in [0.29, 0.717) is 47.9 Å². The highest BCUT2D eigenvalue weighted by atomic mass is 16.2. The van der Waals surface area contributed by atoms with E-state index >= 15 is 0 Å². The van der Waals surface area contributed by atoms with E-state index in [0.717, 1.165) is 94.7 Å². The molecule has 0 radical (unpaired) electrons. The standard InChI is InChI=1S/C45H56N10O4/c1-29-38-28-47-45(50-42(38)55(35-5-3-4-6-35)44(59)41(29)30(2)56)48-39-17-15-36(27-46-39)54-25-23-53(24-26-54)34-13-11-33(12-14-34)52-21-19-51(20-22-52)32-9-7-31(8-10-32)37-16-18-40(57)49-43(37)58/h7-10,15,17,27-28,33-35,37H,3-6,11-14,16,18-26H2,1-2H3,(H,49,57,58)(H,46,47,48,50). The molecule has 2 saturated carbocycles. The number of amides is 2. The van der Waals surface area contributed by atoms with Gasteiger partial charge in [-0.2, -0.15) is 4.98 Å². The van der Waals surface area contributed by atoms with Crippen molar-refractivity contribution >= 4 is 51.8 Å². The number of pyridine rings is 2. The SMILES string of the molecule is CC(=O)c1c(C)c2cnc(Nc3ccc(N4CCN(C5CCC(N6CCN(c7ccc(C8CCC(=O)NC8=O)cc7)CC6)CC5)CC4)cn3)nc2n(C2CCCC2)c1=O. The van der Waals surface area contributed by atoms with E-state index in [1.54, 1.807) is 10.8 Å². The minimum absolute atomic E-state index is 0.0281. The number of anilines is 4. The average Bonchev–Trinajstić information content (AvgIpc) is 3.79. The number of carbonyl (C=O) groups is 3. The van der Waals surface area contributed by atoms with Gasteiger partial charge in [0.15, 0.2) is 5.78 Å². The first kappa shape index (κ1) is 39.3. The van der Waals surface area contributed by atoms with Gasteiger partial charge < -0.3 is 15.1 Å². The first-order valence-electron chi connectivity index (χ1n) is 21.8. The zero-order chi connectivity index (χ0) is 40.6. The van der Waals surface area contributed by atoms with Gasteiger partial charge in [0.2, 0.25) is 17.8 Å². The summed E-state index contributed by atoms with van der Waals surface area (Å²) in [6.07, 6.45) is 13.5. The molecule has 5 fully saturated rings. The predicted molar refractivity (Wildman–Crippen MR) is 229 cm³/mol. The summed E-state index contributed by atoms with van der Waals surface area (Å²) in [5.41, 5.74) is 4.47. The van der Waals surface area contributed by atoms with Crippen LogP contribution in [0.25, 0.3) is 11.0 Å². The lowest BCUT2D eigenvalue weighted by Gasteiger charge is -2.46. The van der Waals surface area contributed by atoms with Gasteiger partial charge in [-0.25, -0.2) is 9.97 Å². The molecular weight excluding hydrogens is 745 g/mol. The van der Waals surface area contributed by atoms with E-state index in [2.05, 4.69) is 65.5 Å². The molecule has 3 saturated heterocycles. The third-order valence-electron chi connectivity index (χ3n) is 13.8. The number of imide groups is 1. The molecule has 1 aromatic carbocycles. The zero-order valence-electron chi connectivity index (χ0n) is 34.4. The van der Waals surface area contributed by atoms with Crippen LogP contribution in [0.4, 0.5) is 23.1 Å². The Hall–Kier alpha value is -5.21. The van der Waals surface area contributed by atoms with E-state index in [9.17, 15) is 19.2 Å². The minimum Gasteiger partial charge on any atom is -0.369 e. The van der Waals surface area contributed by atoms with Crippen molar-refractivity contribution in [3.63, 3.8) is 0 Å². The second-order valence-corrected chi connectivity index (χ2v) is 17.2. The van der Waals surface area contributed by atoms with Crippen LogP contribution in [0.15, 0.2) is 53.6 Å². The summed E-state index contributed by atoms with van der Waals surface area (Å²) >= 11 is 0. The number of fused-ring (bicyclic) bond motifs is 1. The van der Waals surface area contributed by atoms with E-state index in [1.807, 2.05) is 19.2 Å². The van der Waals surface area contributed by atoms with Crippen molar-refractivity contribution in [1.29, 1.82) is 0 Å². The predicted octanol–water partition coefficient (Wildman–Crippen LogP) is 5.33. The van der Waals surface area contributed by atoms with Crippen molar-refractivity contribution in [1.82, 2.24) is 34.6 Å². The molecule has 6 heterocycles. The lowest BCUT2D eigenvalue weighted by atomic mass is 9.88. The molecule has 3 aromatic heterocycles. The first-order valence-corrected chi connectivity index (χ1v) is 21.8. The fourth-order valence-corrected chi connectivity index (χ4v) is 10.5. The highest BCUT2D eigenvalue weighted by Crippen LogP contribution is 2.33. The third kappa shape index (κ3) is 8.08. The topological polar surface area (TPSA) is 149 Å². The Balaban J connectivity index is 0.742. The number of hydrogen-bond acceptors (Lipinski definition) is 12. The monoisotopic (exact) mass is 800 g/mol. The maximum atomic E-state index is 13.6. The Kier molecular flexibility index (Phi) is 11.2. The van der Waals surface area contributed by atoms with Crippen molar-refractivity contribution in [3.05, 3.63) is 75.8 Å². The van der Waals surface area contributed by atoms with Crippen LogP contribution in [-0.2, 0) is 9.59 Å². The lowest BCUT2D eigenvalue weighted by Crippen LogP contribution is -2.54. The molecular formula is C45H56N10O4. The number of aryl methyl sites for hydroxylation is 1. The van der Waals surface area contributed by atoms with Gasteiger partial charge in [-0.15, -0.1) is 0 Å². The normalized spacial score (nSPS) is 23.8. The number of carbonyl (C=O) groups excluding carboxylic acids is 3. The van der Waals surface area contributed by atoms with E-state index in [4.69, 9.17) is 9.97 Å². The molecule has 3 aliphatic heterocycles. The summed E-state index contributed by atoms with van der Waals surface area (Å²) in [6.45, 7) is 11.5. The van der Waals surface area contributed by atoms with Crippen LogP contribution in [0.2, 0.25) is 0 Å². The van der Waals surface area contributed by atoms with Crippen LogP contribution in [0.3, 0.4) is 0 Å². The summed E-state index contributed by atoms with van der Waals surface area (Å²) in [5.74, 6) is 0.193. The number of nitrogens with one attached hydrogen (secondary N) is 2. The van der Waals surface area contributed by atoms with Gasteiger partial charge in [-0.1, -0.05) is 25.0 Å². The quantitative estimate of drug-likeness (QED) is 0.167. The number of ketones is 1. The van der Waals surface area contributed by atoms with Crippen LogP contribution < -0.4 is 26.0 Å². The molecule has 1 atom stereocenters. The Morgan fingerprint density at radius 1 is 0.712 bits per heavy atom. The lowest BCUT2D eigenvalue weighted by molar-refractivity contribution is -0.134. The number of nitrogens with zero attached hydrogens (tertiary/aromatic N) is 8. The van der Waals surface area contributed by atoms with Crippen molar-refractivity contribution in [3.8, 4) is 0 Å². The van der Waals surface area contributed by atoms with Gasteiger partial charge in [-0.3, -0.25) is 38.9 Å². The van der Waals surface area contributed by atoms with Crippen molar-refractivity contribution in [2.45, 2.75) is 102 Å². The Morgan fingerprint density at radius 3 is 1.90 bits per heavy atom. The molecule has 59 heavy (non-hydrogen) atoms. The summed E-state index contributed by atoms with van der Waals surface area (Å²) in [4.78, 5) is 74.4. The number of Topliss-reactive ketones (excluding diaryl/α,β-unsaturated/α-hetero) is 1. The molecule has 4 aromatic rings.